The first-order chi connectivity index (χ1) is 13.9. The van der Waals surface area contributed by atoms with Gasteiger partial charge >= 0.3 is 6.36 Å². The van der Waals surface area contributed by atoms with Crippen LogP contribution in [0.2, 0.25) is 0 Å². The molecule has 0 saturated heterocycles. The van der Waals surface area contributed by atoms with E-state index in [1.165, 1.54) is 38.6 Å². The number of rotatable bonds is 7. The number of hydrogen-bond donors (Lipinski definition) is 2. The summed E-state index contributed by atoms with van der Waals surface area (Å²) in [5.74, 6) is 1.45. The van der Waals surface area contributed by atoms with Crippen LogP contribution in [0.3, 0.4) is 0 Å². The fourth-order valence-electron chi connectivity index (χ4n) is 2.45. The molecule has 0 radical (unpaired) electrons. The topological polar surface area (TPSA) is 77.5 Å². The van der Waals surface area contributed by atoms with Gasteiger partial charge in [0.15, 0.2) is 11.5 Å². The summed E-state index contributed by atoms with van der Waals surface area (Å²) in [6, 6.07) is 12.3. The molecule has 0 fully saturated rings. The summed E-state index contributed by atoms with van der Waals surface area (Å²) in [7, 11) is 3.07. The van der Waals surface area contributed by atoms with Gasteiger partial charge in [-0.3, -0.25) is 0 Å². The molecule has 0 unspecified atom stereocenters. The lowest BCUT2D eigenvalue weighted by atomic mass is 10.3. The fourth-order valence-corrected chi connectivity index (χ4v) is 2.45. The molecule has 0 aliphatic rings. The minimum atomic E-state index is -4.76. The number of hydrogen-bond acceptors (Lipinski definition) is 7. The average Bonchev–Trinajstić information content (AvgIpc) is 2.67. The second-order valence-electron chi connectivity index (χ2n) is 5.66. The van der Waals surface area contributed by atoms with Crippen LogP contribution < -0.4 is 24.8 Å². The van der Waals surface area contributed by atoms with Crippen LogP contribution in [0.5, 0.6) is 17.2 Å². The molecule has 0 atom stereocenters. The third-order valence-electron chi connectivity index (χ3n) is 3.64. The molecule has 3 aromatic rings. The van der Waals surface area contributed by atoms with Crippen molar-refractivity contribution in [1.29, 1.82) is 0 Å². The van der Waals surface area contributed by atoms with Crippen LogP contribution in [0.1, 0.15) is 0 Å². The molecular formula is C19H17F3N4O3. The normalized spacial score (nSPS) is 10.9. The molecule has 3 rings (SSSR count). The number of nitrogens with zero attached hydrogens (tertiary/aromatic N) is 2. The maximum absolute atomic E-state index is 12.4. The smallest absolute Gasteiger partial charge is 0.493 e. The van der Waals surface area contributed by atoms with Gasteiger partial charge in [-0.1, -0.05) is 6.07 Å². The highest BCUT2D eigenvalue weighted by molar-refractivity contribution is 5.62. The van der Waals surface area contributed by atoms with Crippen LogP contribution in [-0.4, -0.2) is 30.5 Å². The second kappa shape index (κ2) is 8.55. The Hall–Kier alpha value is -3.69. The molecule has 0 aliphatic carbocycles. The molecule has 2 N–H and O–H groups in total. The van der Waals surface area contributed by atoms with Gasteiger partial charge < -0.3 is 24.8 Å². The van der Waals surface area contributed by atoms with Gasteiger partial charge in [0.05, 0.1) is 14.2 Å². The van der Waals surface area contributed by atoms with E-state index >= 15 is 0 Å². The molecule has 1 aromatic heterocycles. The third kappa shape index (κ3) is 5.64. The van der Waals surface area contributed by atoms with Crippen molar-refractivity contribution in [1.82, 2.24) is 9.97 Å². The van der Waals surface area contributed by atoms with E-state index in [4.69, 9.17) is 9.47 Å². The molecule has 0 amide bonds. The van der Waals surface area contributed by atoms with E-state index in [1.807, 2.05) is 0 Å². The molecule has 0 aliphatic heterocycles. The molecular weight excluding hydrogens is 389 g/mol. The van der Waals surface area contributed by atoms with E-state index in [-0.39, 0.29) is 11.7 Å². The van der Waals surface area contributed by atoms with Crippen LogP contribution in [0.25, 0.3) is 0 Å². The van der Waals surface area contributed by atoms with Crippen molar-refractivity contribution >= 4 is 23.1 Å². The largest absolute Gasteiger partial charge is 0.573 e. The number of halogens is 3. The van der Waals surface area contributed by atoms with Crippen molar-refractivity contribution in [2.24, 2.45) is 0 Å². The quantitative estimate of drug-likeness (QED) is 0.579. The van der Waals surface area contributed by atoms with Crippen molar-refractivity contribution in [3.63, 3.8) is 0 Å². The highest BCUT2D eigenvalue weighted by Crippen LogP contribution is 2.31. The van der Waals surface area contributed by atoms with Gasteiger partial charge in [0.25, 0.3) is 0 Å². The van der Waals surface area contributed by atoms with Crippen molar-refractivity contribution in [3.05, 3.63) is 54.7 Å². The van der Waals surface area contributed by atoms with Gasteiger partial charge in [0.2, 0.25) is 5.95 Å². The van der Waals surface area contributed by atoms with Crippen LogP contribution >= 0.6 is 0 Å². The van der Waals surface area contributed by atoms with E-state index < -0.39 is 6.36 Å². The van der Waals surface area contributed by atoms with E-state index in [0.717, 1.165) is 0 Å². The van der Waals surface area contributed by atoms with Crippen molar-refractivity contribution < 1.29 is 27.4 Å². The minimum Gasteiger partial charge on any atom is -0.493 e. The van der Waals surface area contributed by atoms with Gasteiger partial charge in [-0.05, 0) is 30.3 Å². The van der Waals surface area contributed by atoms with E-state index in [0.29, 0.717) is 28.7 Å². The zero-order valence-corrected chi connectivity index (χ0v) is 15.4. The Morgan fingerprint density at radius 3 is 2.34 bits per heavy atom. The summed E-state index contributed by atoms with van der Waals surface area (Å²) in [6.45, 7) is 0. The first-order valence-corrected chi connectivity index (χ1v) is 8.31. The lowest BCUT2D eigenvalue weighted by molar-refractivity contribution is -0.274. The highest BCUT2D eigenvalue weighted by atomic mass is 19.4. The molecule has 29 heavy (non-hydrogen) atoms. The summed E-state index contributed by atoms with van der Waals surface area (Å²) < 4.78 is 51.5. The van der Waals surface area contributed by atoms with Gasteiger partial charge in [-0.15, -0.1) is 13.2 Å². The molecule has 2 aromatic carbocycles. The molecule has 10 heteroatoms. The first kappa shape index (κ1) is 20.1. The molecule has 152 valence electrons. The Kier molecular flexibility index (Phi) is 5.91. The van der Waals surface area contributed by atoms with Crippen LogP contribution in [0, 0.1) is 0 Å². The second-order valence-corrected chi connectivity index (χ2v) is 5.66. The fraction of sp³-hybridized carbons (Fsp3) is 0.158. The van der Waals surface area contributed by atoms with Gasteiger partial charge in [-0.25, -0.2) is 4.98 Å². The molecule has 0 bridgehead atoms. The van der Waals surface area contributed by atoms with E-state index in [2.05, 4.69) is 25.3 Å². The van der Waals surface area contributed by atoms with Gasteiger partial charge in [0, 0.05) is 29.7 Å². The lowest BCUT2D eigenvalue weighted by Crippen LogP contribution is -2.17. The summed E-state index contributed by atoms with van der Waals surface area (Å²) in [5.41, 5.74) is 1.04. The van der Waals surface area contributed by atoms with Crippen molar-refractivity contribution in [2.75, 3.05) is 24.9 Å². The molecule has 1 heterocycles. The Morgan fingerprint density at radius 2 is 1.62 bits per heavy atom. The summed E-state index contributed by atoms with van der Waals surface area (Å²) >= 11 is 0. The zero-order chi connectivity index (χ0) is 20.9. The maximum Gasteiger partial charge on any atom is 0.573 e. The van der Waals surface area contributed by atoms with Crippen LogP contribution in [0.15, 0.2) is 54.7 Å². The average molecular weight is 406 g/mol. The Balaban J connectivity index is 1.74. The predicted octanol–water partition coefficient (Wildman–Crippen LogP) is 4.88. The van der Waals surface area contributed by atoms with E-state index in [9.17, 15) is 13.2 Å². The number of nitrogens with one attached hydrogen (secondary N) is 2. The predicted molar refractivity (Wildman–Crippen MR) is 101 cm³/mol. The highest BCUT2D eigenvalue weighted by Gasteiger charge is 2.31. The summed E-state index contributed by atoms with van der Waals surface area (Å²) in [6.07, 6.45) is -3.25. The molecule has 0 saturated carbocycles. The SMILES string of the molecule is COc1ccc(Nc2nccc(Nc3cccc(OC(F)(F)F)c3)n2)cc1OC. The first-order valence-electron chi connectivity index (χ1n) is 8.31. The number of aromatic nitrogens is 2. The Bertz CT molecular complexity index is 983. The Labute approximate surface area is 164 Å². The number of anilines is 4. The summed E-state index contributed by atoms with van der Waals surface area (Å²) in [4.78, 5) is 8.43. The van der Waals surface area contributed by atoms with Crippen LogP contribution in [-0.2, 0) is 0 Å². The van der Waals surface area contributed by atoms with Crippen LogP contribution in [0.4, 0.5) is 36.3 Å². The van der Waals surface area contributed by atoms with Crippen molar-refractivity contribution in [2.45, 2.75) is 6.36 Å². The molecule has 7 nitrogen and oxygen atoms in total. The molecule has 0 spiro atoms. The summed E-state index contributed by atoms with van der Waals surface area (Å²) in [5, 5.41) is 5.94. The number of benzene rings is 2. The maximum atomic E-state index is 12.4. The minimum absolute atomic E-state index is 0.282. The standard InChI is InChI=1S/C19H17F3N4O3/c1-27-15-7-6-13(11-16(15)28-2)25-18-23-9-8-17(26-18)24-12-4-3-5-14(10-12)29-19(20,21)22/h3-11H,1-2H3,(H2,23,24,25,26). The van der Waals surface area contributed by atoms with E-state index in [1.54, 1.807) is 30.3 Å². The number of ether oxygens (including phenoxy) is 3. The number of alkyl halides is 3. The van der Waals surface area contributed by atoms with Gasteiger partial charge in [-0.2, -0.15) is 4.98 Å². The lowest BCUT2D eigenvalue weighted by Gasteiger charge is -2.12. The monoisotopic (exact) mass is 406 g/mol. The van der Waals surface area contributed by atoms with Crippen molar-refractivity contribution in [3.8, 4) is 17.2 Å². The third-order valence-corrected chi connectivity index (χ3v) is 3.64. The van der Waals surface area contributed by atoms with Gasteiger partial charge in [0.1, 0.15) is 11.6 Å². The Morgan fingerprint density at radius 1 is 0.862 bits per heavy atom. The number of methoxy groups -OCH3 is 2. The zero-order valence-electron chi connectivity index (χ0n) is 15.4.